The second-order valence-electron chi connectivity index (χ2n) is 5.82. The van der Waals surface area contributed by atoms with E-state index in [0.717, 1.165) is 37.2 Å². The molecule has 0 unspecified atom stereocenters. The van der Waals surface area contributed by atoms with Crippen molar-refractivity contribution in [1.29, 1.82) is 0 Å². The highest BCUT2D eigenvalue weighted by molar-refractivity contribution is 5.79. The van der Waals surface area contributed by atoms with E-state index in [9.17, 15) is 0 Å². The molecule has 21 heavy (non-hydrogen) atoms. The second-order valence-corrected chi connectivity index (χ2v) is 5.82. The van der Waals surface area contributed by atoms with Gasteiger partial charge in [-0.25, -0.2) is 0 Å². The summed E-state index contributed by atoms with van der Waals surface area (Å²) in [7, 11) is 3.76. The fourth-order valence-corrected chi connectivity index (χ4v) is 2.59. The van der Waals surface area contributed by atoms with Crippen molar-refractivity contribution < 1.29 is 0 Å². The molecule has 118 valence electrons. The fraction of sp³-hybridized carbons (Fsp3) is 0.733. The highest BCUT2D eigenvalue weighted by Crippen LogP contribution is 2.14. The number of rotatable bonds is 5. The van der Waals surface area contributed by atoms with Gasteiger partial charge in [0, 0.05) is 33.4 Å². The van der Waals surface area contributed by atoms with Gasteiger partial charge in [0.15, 0.2) is 5.96 Å². The predicted octanol–water partition coefficient (Wildman–Crippen LogP) is 0.817. The van der Waals surface area contributed by atoms with Gasteiger partial charge in [-0.05, 0) is 37.9 Å². The minimum Gasteiger partial charge on any atom is -0.355 e. The minimum atomic E-state index is 0.734. The van der Waals surface area contributed by atoms with Gasteiger partial charge < -0.3 is 15.5 Å². The van der Waals surface area contributed by atoms with Gasteiger partial charge in [0.05, 0.1) is 12.2 Å². The van der Waals surface area contributed by atoms with Crippen LogP contribution in [-0.2, 0) is 13.6 Å². The smallest absolute Gasteiger partial charge is 0.191 e. The standard InChI is InChI=1S/C15H28N6/c1-13-5-9-21(10-6-13)11-8-17-15(16-2)18-12-14-4-7-19-20(14)3/h4,7,13H,5-6,8-12H2,1-3H3,(H2,16,17,18). The van der Waals surface area contributed by atoms with Crippen molar-refractivity contribution in [3.05, 3.63) is 18.0 Å². The summed E-state index contributed by atoms with van der Waals surface area (Å²) in [5, 5.41) is 10.9. The number of nitrogens with one attached hydrogen (secondary N) is 2. The lowest BCUT2D eigenvalue weighted by molar-refractivity contribution is 0.195. The van der Waals surface area contributed by atoms with Crippen LogP contribution in [0.4, 0.5) is 0 Å². The number of hydrogen-bond acceptors (Lipinski definition) is 3. The molecule has 0 spiro atoms. The Balaban J connectivity index is 1.65. The van der Waals surface area contributed by atoms with Crippen molar-refractivity contribution in [2.45, 2.75) is 26.3 Å². The number of piperidine rings is 1. The zero-order valence-corrected chi connectivity index (χ0v) is 13.5. The van der Waals surface area contributed by atoms with Crippen LogP contribution in [0, 0.1) is 5.92 Å². The molecule has 2 rings (SSSR count). The third kappa shape index (κ3) is 5.04. The van der Waals surface area contributed by atoms with Crippen molar-refractivity contribution in [3.8, 4) is 0 Å². The molecule has 1 aliphatic rings. The number of aromatic nitrogens is 2. The van der Waals surface area contributed by atoms with Crippen LogP contribution in [-0.4, -0.2) is 53.9 Å². The summed E-state index contributed by atoms with van der Waals surface area (Å²) >= 11 is 0. The molecule has 6 heteroatoms. The fourth-order valence-electron chi connectivity index (χ4n) is 2.59. The van der Waals surface area contributed by atoms with Crippen LogP contribution in [0.1, 0.15) is 25.5 Å². The molecular weight excluding hydrogens is 264 g/mol. The monoisotopic (exact) mass is 292 g/mol. The molecule has 6 nitrogen and oxygen atoms in total. The van der Waals surface area contributed by atoms with Gasteiger partial charge in [0.25, 0.3) is 0 Å². The summed E-state index contributed by atoms with van der Waals surface area (Å²) in [6.45, 7) is 7.55. The first kappa shape index (κ1) is 15.8. The molecule has 0 aliphatic carbocycles. The van der Waals surface area contributed by atoms with E-state index in [1.807, 2.05) is 24.0 Å². The lowest BCUT2D eigenvalue weighted by Gasteiger charge is -2.30. The summed E-state index contributed by atoms with van der Waals surface area (Å²) < 4.78 is 1.87. The van der Waals surface area contributed by atoms with E-state index in [2.05, 4.69) is 32.5 Å². The normalized spacial score (nSPS) is 18.0. The lowest BCUT2D eigenvalue weighted by atomic mass is 9.99. The topological polar surface area (TPSA) is 57.5 Å². The maximum Gasteiger partial charge on any atom is 0.191 e. The van der Waals surface area contributed by atoms with Crippen LogP contribution in [0.5, 0.6) is 0 Å². The molecule has 0 amide bonds. The van der Waals surface area contributed by atoms with Crippen molar-refractivity contribution in [2.75, 3.05) is 33.2 Å². The van der Waals surface area contributed by atoms with Gasteiger partial charge in [-0.3, -0.25) is 9.67 Å². The third-order valence-electron chi connectivity index (χ3n) is 4.18. The molecular formula is C15H28N6. The van der Waals surface area contributed by atoms with E-state index < -0.39 is 0 Å². The third-order valence-corrected chi connectivity index (χ3v) is 4.18. The van der Waals surface area contributed by atoms with Gasteiger partial charge in [-0.2, -0.15) is 5.10 Å². The zero-order chi connectivity index (χ0) is 15.1. The summed E-state index contributed by atoms with van der Waals surface area (Å²) in [6.07, 6.45) is 4.46. The molecule has 1 aromatic rings. The molecule has 1 aliphatic heterocycles. The average molecular weight is 292 g/mol. The highest BCUT2D eigenvalue weighted by atomic mass is 15.3. The number of likely N-dealkylation sites (tertiary alicyclic amines) is 1. The second kappa shape index (κ2) is 8.02. The SMILES string of the molecule is CN=C(NCCN1CCC(C)CC1)NCc1ccnn1C. The summed E-state index contributed by atoms with van der Waals surface area (Å²) in [6, 6.07) is 2.01. The number of nitrogens with zero attached hydrogens (tertiary/aromatic N) is 4. The first-order valence-electron chi connectivity index (χ1n) is 7.83. The van der Waals surface area contributed by atoms with Crippen LogP contribution >= 0.6 is 0 Å². The summed E-state index contributed by atoms with van der Waals surface area (Å²) in [4.78, 5) is 6.79. The lowest BCUT2D eigenvalue weighted by Crippen LogP contribution is -2.43. The van der Waals surface area contributed by atoms with Gasteiger partial charge in [-0.15, -0.1) is 0 Å². The number of guanidine groups is 1. The van der Waals surface area contributed by atoms with Gasteiger partial charge in [-0.1, -0.05) is 6.92 Å². The molecule has 0 atom stereocenters. The molecule has 0 aromatic carbocycles. The van der Waals surface area contributed by atoms with Crippen LogP contribution in [0.2, 0.25) is 0 Å². The van der Waals surface area contributed by atoms with Gasteiger partial charge in [0.2, 0.25) is 0 Å². The Hall–Kier alpha value is -1.56. The van der Waals surface area contributed by atoms with Crippen molar-refractivity contribution >= 4 is 5.96 Å². The molecule has 1 aromatic heterocycles. The van der Waals surface area contributed by atoms with Crippen molar-refractivity contribution in [1.82, 2.24) is 25.3 Å². The Bertz CT molecular complexity index is 445. The van der Waals surface area contributed by atoms with E-state index >= 15 is 0 Å². The largest absolute Gasteiger partial charge is 0.355 e. The van der Waals surface area contributed by atoms with Crippen LogP contribution < -0.4 is 10.6 Å². The van der Waals surface area contributed by atoms with Crippen LogP contribution in [0.3, 0.4) is 0 Å². The average Bonchev–Trinajstić information content (AvgIpc) is 2.90. The zero-order valence-electron chi connectivity index (χ0n) is 13.5. The molecule has 1 saturated heterocycles. The number of hydrogen-bond donors (Lipinski definition) is 2. The molecule has 0 radical (unpaired) electrons. The van der Waals surface area contributed by atoms with Crippen LogP contribution in [0.15, 0.2) is 17.3 Å². The highest BCUT2D eigenvalue weighted by Gasteiger charge is 2.14. The Morgan fingerprint density at radius 3 is 2.76 bits per heavy atom. The van der Waals surface area contributed by atoms with E-state index in [4.69, 9.17) is 0 Å². The Morgan fingerprint density at radius 1 is 1.38 bits per heavy atom. The maximum absolute atomic E-state index is 4.26. The quantitative estimate of drug-likeness (QED) is 0.623. The Morgan fingerprint density at radius 2 is 2.14 bits per heavy atom. The molecule has 2 heterocycles. The van der Waals surface area contributed by atoms with E-state index in [0.29, 0.717) is 0 Å². The first-order valence-corrected chi connectivity index (χ1v) is 7.83. The Kier molecular flexibility index (Phi) is 6.04. The molecule has 2 N–H and O–H groups in total. The summed E-state index contributed by atoms with van der Waals surface area (Å²) in [5.41, 5.74) is 1.14. The number of aryl methyl sites for hydroxylation is 1. The first-order chi connectivity index (χ1) is 10.2. The van der Waals surface area contributed by atoms with E-state index in [1.165, 1.54) is 25.9 Å². The van der Waals surface area contributed by atoms with Crippen molar-refractivity contribution in [3.63, 3.8) is 0 Å². The van der Waals surface area contributed by atoms with E-state index in [-0.39, 0.29) is 0 Å². The maximum atomic E-state index is 4.26. The predicted molar refractivity (Wildman–Crippen MR) is 86.2 cm³/mol. The van der Waals surface area contributed by atoms with Gasteiger partial charge in [0.1, 0.15) is 0 Å². The van der Waals surface area contributed by atoms with Gasteiger partial charge >= 0.3 is 0 Å². The molecule has 0 bridgehead atoms. The number of aliphatic imine (C=N–C) groups is 1. The minimum absolute atomic E-state index is 0.734. The Labute approximate surface area is 127 Å². The van der Waals surface area contributed by atoms with E-state index in [1.54, 1.807) is 7.05 Å². The summed E-state index contributed by atoms with van der Waals surface area (Å²) in [5.74, 6) is 1.74. The van der Waals surface area contributed by atoms with Crippen molar-refractivity contribution in [2.24, 2.45) is 18.0 Å². The molecule has 1 fully saturated rings. The molecule has 0 saturated carbocycles. The van der Waals surface area contributed by atoms with Crippen LogP contribution in [0.25, 0.3) is 0 Å².